The smallest absolute Gasteiger partial charge is 0.282 e. The van der Waals surface area contributed by atoms with Gasteiger partial charge in [0.05, 0.1) is 30.8 Å². The highest BCUT2D eigenvalue weighted by Gasteiger charge is 2.07. The molecule has 0 atom stereocenters. The Morgan fingerprint density at radius 2 is 2.00 bits per heavy atom. The van der Waals surface area contributed by atoms with Crippen molar-refractivity contribution in [1.82, 2.24) is 9.66 Å². The molecule has 0 aliphatic carbocycles. The van der Waals surface area contributed by atoms with Crippen LogP contribution in [0, 0.1) is 6.92 Å². The summed E-state index contributed by atoms with van der Waals surface area (Å²) in [5.74, 6) is 1.86. The number of rotatable bonds is 7. The summed E-state index contributed by atoms with van der Waals surface area (Å²) in [7, 11) is 1.60. The predicted molar refractivity (Wildman–Crippen MR) is 107 cm³/mol. The summed E-state index contributed by atoms with van der Waals surface area (Å²) in [6, 6.07) is 12.8. The van der Waals surface area contributed by atoms with Crippen molar-refractivity contribution >= 4 is 17.1 Å². The molecule has 0 bridgehead atoms. The van der Waals surface area contributed by atoms with Crippen LogP contribution in [0.1, 0.15) is 31.2 Å². The zero-order chi connectivity index (χ0) is 19.2. The zero-order valence-electron chi connectivity index (χ0n) is 15.8. The molecule has 0 unspecified atom stereocenters. The summed E-state index contributed by atoms with van der Waals surface area (Å²) in [4.78, 5) is 17.1. The Bertz CT molecular complexity index is 1020. The Balaban J connectivity index is 1.90. The van der Waals surface area contributed by atoms with Crippen LogP contribution < -0.4 is 15.0 Å². The molecule has 0 aliphatic heterocycles. The summed E-state index contributed by atoms with van der Waals surface area (Å²) in [6.45, 7) is 4.53. The monoisotopic (exact) mass is 365 g/mol. The van der Waals surface area contributed by atoms with E-state index >= 15 is 0 Å². The van der Waals surface area contributed by atoms with Crippen LogP contribution >= 0.6 is 0 Å². The number of aromatic nitrogens is 2. The molecule has 6 nitrogen and oxygen atoms in total. The fraction of sp³-hybridized carbons (Fsp3) is 0.286. The molecule has 1 aromatic heterocycles. The molecule has 0 fully saturated rings. The number of para-hydroxylation sites is 1. The number of fused-ring (bicyclic) bond motifs is 1. The first-order chi connectivity index (χ1) is 13.1. The van der Waals surface area contributed by atoms with Gasteiger partial charge in [0, 0.05) is 0 Å². The fourth-order valence-corrected chi connectivity index (χ4v) is 2.71. The Labute approximate surface area is 158 Å². The van der Waals surface area contributed by atoms with E-state index in [0.29, 0.717) is 34.8 Å². The quantitative estimate of drug-likeness (QED) is 0.472. The number of hydrogen-bond acceptors (Lipinski definition) is 5. The highest BCUT2D eigenvalue weighted by molar-refractivity contribution is 5.81. The molecule has 0 saturated carbocycles. The van der Waals surface area contributed by atoms with Crippen LogP contribution in [0.2, 0.25) is 0 Å². The topological polar surface area (TPSA) is 65.7 Å². The number of hydrogen-bond donors (Lipinski definition) is 0. The van der Waals surface area contributed by atoms with Gasteiger partial charge in [0.2, 0.25) is 0 Å². The largest absolute Gasteiger partial charge is 0.493 e. The Morgan fingerprint density at radius 1 is 1.19 bits per heavy atom. The van der Waals surface area contributed by atoms with Gasteiger partial charge in [-0.05, 0) is 49.2 Å². The lowest BCUT2D eigenvalue weighted by Gasteiger charge is -2.11. The normalized spacial score (nSPS) is 11.2. The first-order valence-electron chi connectivity index (χ1n) is 8.97. The predicted octanol–water partition coefficient (Wildman–Crippen LogP) is 3.77. The van der Waals surface area contributed by atoms with Gasteiger partial charge in [0.25, 0.3) is 5.56 Å². The maximum atomic E-state index is 12.7. The molecule has 2 aromatic carbocycles. The van der Waals surface area contributed by atoms with Crippen molar-refractivity contribution in [2.75, 3.05) is 13.7 Å². The Morgan fingerprint density at radius 3 is 2.78 bits per heavy atom. The summed E-state index contributed by atoms with van der Waals surface area (Å²) in [5, 5.41) is 4.87. The fourth-order valence-electron chi connectivity index (χ4n) is 2.71. The average Bonchev–Trinajstić information content (AvgIpc) is 2.68. The highest BCUT2D eigenvalue weighted by Crippen LogP contribution is 2.27. The average molecular weight is 365 g/mol. The number of benzene rings is 2. The molecule has 27 heavy (non-hydrogen) atoms. The molecule has 0 spiro atoms. The van der Waals surface area contributed by atoms with Gasteiger partial charge < -0.3 is 9.47 Å². The van der Waals surface area contributed by atoms with Crippen LogP contribution in [0.25, 0.3) is 10.9 Å². The van der Waals surface area contributed by atoms with E-state index in [9.17, 15) is 4.79 Å². The van der Waals surface area contributed by atoms with E-state index in [1.54, 1.807) is 26.3 Å². The molecule has 0 aliphatic rings. The molecule has 0 radical (unpaired) electrons. The minimum absolute atomic E-state index is 0.194. The van der Waals surface area contributed by atoms with Crippen LogP contribution in [0.5, 0.6) is 11.5 Å². The second kappa shape index (κ2) is 8.49. The van der Waals surface area contributed by atoms with Crippen molar-refractivity contribution < 1.29 is 9.47 Å². The molecule has 0 saturated heterocycles. The summed E-state index contributed by atoms with van der Waals surface area (Å²) >= 11 is 0. The highest BCUT2D eigenvalue weighted by atomic mass is 16.5. The van der Waals surface area contributed by atoms with Crippen LogP contribution in [0.4, 0.5) is 0 Å². The molecule has 6 heteroatoms. The molecular weight excluding hydrogens is 342 g/mol. The number of unbranched alkanes of at least 4 members (excludes halogenated alkanes) is 1. The molecule has 3 aromatic rings. The van der Waals surface area contributed by atoms with E-state index in [-0.39, 0.29) is 5.56 Å². The van der Waals surface area contributed by atoms with Crippen molar-refractivity contribution in [2.45, 2.75) is 26.7 Å². The van der Waals surface area contributed by atoms with Gasteiger partial charge in [-0.2, -0.15) is 9.78 Å². The lowest BCUT2D eigenvalue weighted by molar-refractivity contribution is 0.288. The molecular formula is C21H23N3O3. The van der Waals surface area contributed by atoms with Gasteiger partial charge >= 0.3 is 0 Å². The van der Waals surface area contributed by atoms with E-state index in [1.807, 2.05) is 36.4 Å². The van der Waals surface area contributed by atoms with Gasteiger partial charge in [0.1, 0.15) is 5.82 Å². The third-order valence-electron chi connectivity index (χ3n) is 4.18. The van der Waals surface area contributed by atoms with Gasteiger partial charge in [-0.3, -0.25) is 4.79 Å². The molecule has 1 heterocycles. The maximum absolute atomic E-state index is 12.7. The van der Waals surface area contributed by atoms with Crippen LogP contribution in [0.3, 0.4) is 0 Å². The van der Waals surface area contributed by atoms with Crippen LogP contribution in [-0.2, 0) is 0 Å². The Hall–Kier alpha value is -3.15. The lowest BCUT2D eigenvalue weighted by atomic mass is 10.2. The van der Waals surface area contributed by atoms with Gasteiger partial charge in [-0.15, -0.1) is 0 Å². The van der Waals surface area contributed by atoms with Crippen molar-refractivity contribution in [2.24, 2.45) is 5.10 Å². The van der Waals surface area contributed by atoms with Crippen molar-refractivity contribution in [3.63, 3.8) is 0 Å². The number of nitrogens with zero attached hydrogens (tertiary/aromatic N) is 3. The van der Waals surface area contributed by atoms with E-state index in [4.69, 9.17) is 9.47 Å². The second-order valence-corrected chi connectivity index (χ2v) is 6.15. The maximum Gasteiger partial charge on any atom is 0.282 e. The third kappa shape index (κ3) is 4.16. The van der Waals surface area contributed by atoms with Crippen LogP contribution in [0.15, 0.2) is 52.4 Å². The van der Waals surface area contributed by atoms with Crippen molar-refractivity contribution in [1.29, 1.82) is 0 Å². The van der Waals surface area contributed by atoms with Crippen molar-refractivity contribution in [3.05, 3.63) is 64.2 Å². The van der Waals surface area contributed by atoms with E-state index < -0.39 is 0 Å². The van der Waals surface area contributed by atoms with E-state index in [1.165, 1.54) is 4.68 Å². The van der Waals surface area contributed by atoms with Crippen molar-refractivity contribution in [3.8, 4) is 11.5 Å². The summed E-state index contributed by atoms with van der Waals surface area (Å²) in [5.41, 5.74) is 1.27. The van der Waals surface area contributed by atoms with E-state index in [2.05, 4.69) is 17.0 Å². The molecule has 3 rings (SSSR count). The zero-order valence-corrected chi connectivity index (χ0v) is 15.8. The summed E-state index contributed by atoms with van der Waals surface area (Å²) < 4.78 is 12.5. The minimum atomic E-state index is -0.194. The standard InChI is InChI=1S/C21H23N3O3/c1-4-5-12-27-19-11-10-16(13-20(19)26-3)14-22-24-15(2)23-18-9-7-6-8-17(18)21(24)25/h6-11,13-14H,4-5,12H2,1-3H3/b22-14+. The SMILES string of the molecule is CCCCOc1ccc(/C=N/n2c(C)nc3ccccc3c2=O)cc1OC. The van der Waals surface area contributed by atoms with Gasteiger partial charge in [-0.25, -0.2) is 4.98 Å². The first-order valence-corrected chi connectivity index (χ1v) is 8.97. The number of methoxy groups -OCH3 is 1. The number of aryl methyl sites for hydroxylation is 1. The van der Waals surface area contributed by atoms with Crippen LogP contribution in [-0.4, -0.2) is 29.6 Å². The first kappa shape index (κ1) is 18.6. The van der Waals surface area contributed by atoms with E-state index in [0.717, 1.165) is 18.4 Å². The molecule has 0 amide bonds. The third-order valence-corrected chi connectivity index (χ3v) is 4.18. The lowest BCUT2D eigenvalue weighted by Crippen LogP contribution is -2.20. The minimum Gasteiger partial charge on any atom is -0.493 e. The molecule has 0 N–H and O–H groups in total. The van der Waals surface area contributed by atoms with Gasteiger partial charge in [0.15, 0.2) is 11.5 Å². The second-order valence-electron chi connectivity index (χ2n) is 6.15. The molecule has 140 valence electrons. The number of ether oxygens (including phenoxy) is 2. The summed E-state index contributed by atoms with van der Waals surface area (Å²) in [6.07, 6.45) is 3.67. The van der Waals surface area contributed by atoms with Gasteiger partial charge in [-0.1, -0.05) is 25.5 Å². The Kier molecular flexibility index (Phi) is 5.86.